The molecule has 2 rings (SSSR count). The van der Waals surface area contributed by atoms with Crippen molar-refractivity contribution in [1.29, 1.82) is 0 Å². The van der Waals surface area contributed by atoms with E-state index in [1.807, 2.05) is 6.42 Å². The van der Waals surface area contributed by atoms with Crippen LogP contribution in [0, 0.1) is 12.3 Å². The summed E-state index contributed by atoms with van der Waals surface area (Å²) < 4.78 is 0. The van der Waals surface area contributed by atoms with Gasteiger partial charge in [0, 0.05) is 6.54 Å². The largest absolute Gasteiger partial charge is 0.493 e. The molecule has 0 bridgehead atoms. The van der Waals surface area contributed by atoms with E-state index in [0.29, 0.717) is 12.5 Å². The van der Waals surface area contributed by atoms with Crippen molar-refractivity contribution >= 4 is 5.82 Å². The number of aromatic hydroxyl groups is 1. The topological polar surface area (TPSA) is 84.1 Å². The number of aromatic nitrogens is 2. The second kappa shape index (κ2) is 3.79. The van der Waals surface area contributed by atoms with Crippen molar-refractivity contribution in [3.05, 3.63) is 18.3 Å². The first kappa shape index (κ1) is 9.21. The monoisotopic (exact) mass is 193 g/mol. The lowest BCUT2D eigenvalue weighted by atomic mass is 9.94. The molecule has 1 radical (unpaired) electrons. The van der Waals surface area contributed by atoms with Gasteiger partial charge < -0.3 is 16.2 Å². The molecule has 4 N–H and O–H groups in total. The molecule has 0 aliphatic carbocycles. The van der Waals surface area contributed by atoms with Crippen LogP contribution in [-0.2, 0) is 6.42 Å². The van der Waals surface area contributed by atoms with E-state index in [4.69, 9.17) is 5.73 Å². The number of fused-ring (bicyclic) bond motifs is 1. The Labute approximate surface area is 82.4 Å². The number of rotatable bonds is 2. The molecule has 0 aromatic carbocycles. The normalized spacial score (nSPS) is 19.9. The lowest BCUT2D eigenvalue weighted by Gasteiger charge is -2.24. The average molecular weight is 193 g/mol. The molecule has 0 fully saturated rings. The zero-order valence-corrected chi connectivity index (χ0v) is 7.77. The maximum Gasteiger partial charge on any atom is 0.219 e. The van der Waals surface area contributed by atoms with Gasteiger partial charge >= 0.3 is 0 Å². The van der Waals surface area contributed by atoms with E-state index in [0.717, 1.165) is 24.3 Å². The van der Waals surface area contributed by atoms with Gasteiger partial charge in [0.2, 0.25) is 5.88 Å². The number of nitrogens with one attached hydrogen (secondary N) is 1. The number of nitrogens with zero attached hydrogens (tertiary/aromatic N) is 2. The van der Waals surface area contributed by atoms with Gasteiger partial charge in [-0.1, -0.05) is 0 Å². The Morgan fingerprint density at radius 3 is 3.29 bits per heavy atom. The first-order valence-corrected chi connectivity index (χ1v) is 4.61. The van der Waals surface area contributed by atoms with Crippen LogP contribution in [0.5, 0.6) is 5.88 Å². The summed E-state index contributed by atoms with van der Waals surface area (Å²) in [5, 5.41) is 12.6. The van der Waals surface area contributed by atoms with Crippen LogP contribution in [0.3, 0.4) is 0 Å². The molecule has 1 aliphatic rings. The van der Waals surface area contributed by atoms with E-state index >= 15 is 0 Å². The van der Waals surface area contributed by atoms with Crippen LogP contribution < -0.4 is 11.1 Å². The third-order valence-electron chi connectivity index (χ3n) is 2.39. The first-order valence-electron chi connectivity index (χ1n) is 4.61. The van der Waals surface area contributed by atoms with Crippen LogP contribution in [0.2, 0.25) is 0 Å². The highest BCUT2D eigenvalue weighted by Crippen LogP contribution is 2.28. The minimum Gasteiger partial charge on any atom is -0.493 e. The molecule has 0 saturated heterocycles. The lowest BCUT2D eigenvalue weighted by Crippen LogP contribution is -2.26. The summed E-state index contributed by atoms with van der Waals surface area (Å²) in [5.74, 6) is 1.15. The summed E-state index contributed by atoms with van der Waals surface area (Å²) in [5.41, 5.74) is 6.23. The highest BCUT2D eigenvalue weighted by molar-refractivity contribution is 5.50. The average Bonchev–Trinajstić information content (AvgIpc) is 2.20. The third kappa shape index (κ3) is 1.63. The van der Waals surface area contributed by atoms with E-state index in [1.165, 1.54) is 6.33 Å². The van der Waals surface area contributed by atoms with Gasteiger partial charge in [0.1, 0.15) is 12.1 Å². The van der Waals surface area contributed by atoms with E-state index < -0.39 is 0 Å². The molecule has 1 aliphatic heterocycles. The summed E-state index contributed by atoms with van der Waals surface area (Å²) in [6.45, 7) is 1.37. The summed E-state index contributed by atoms with van der Waals surface area (Å²) in [6.07, 6.45) is 4.14. The van der Waals surface area contributed by atoms with Gasteiger partial charge in [-0.2, -0.15) is 0 Å². The van der Waals surface area contributed by atoms with Crippen LogP contribution in [0.4, 0.5) is 5.82 Å². The van der Waals surface area contributed by atoms with Crippen molar-refractivity contribution < 1.29 is 5.11 Å². The number of nitrogens with two attached hydrogens (primary N) is 1. The zero-order valence-electron chi connectivity index (χ0n) is 7.77. The molecule has 1 aromatic heterocycles. The molecule has 2 heterocycles. The van der Waals surface area contributed by atoms with Crippen molar-refractivity contribution in [2.75, 3.05) is 18.4 Å². The van der Waals surface area contributed by atoms with Gasteiger partial charge in [-0.3, -0.25) is 0 Å². The van der Waals surface area contributed by atoms with Crippen molar-refractivity contribution in [2.45, 2.75) is 6.42 Å². The minimum absolute atomic E-state index is 0.0672. The van der Waals surface area contributed by atoms with E-state index in [1.54, 1.807) is 0 Å². The zero-order chi connectivity index (χ0) is 9.97. The number of hydrogen-bond acceptors (Lipinski definition) is 5. The van der Waals surface area contributed by atoms with E-state index in [-0.39, 0.29) is 5.88 Å². The molecule has 5 heteroatoms. The molecular formula is C9H13N4O. The predicted molar refractivity (Wildman–Crippen MR) is 52.7 cm³/mol. The minimum atomic E-state index is 0.0672. The Hall–Kier alpha value is -1.36. The van der Waals surface area contributed by atoms with Crippen molar-refractivity contribution in [1.82, 2.24) is 9.97 Å². The smallest absolute Gasteiger partial charge is 0.219 e. The van der Waals surface area contributed by atoms with Crippen LogP contribution in [0.25, 0.3) is 0 Å². The molecule has 0 spiro atoms. The van der Waals surface area contributed by atoms with Gasteiger partial charge in [-0.05, 0) is 25.3 Å². The van der Waals surface area contributed by atoms with Crippen molar-refractivity contribution in [3.63, 3.8) is 0 Å². The molecule has 0 amide bonds. The van der Waals surface area contributed by atoms with Crippen molar-refractivity contribution in [3.8, 4) is 5.88 Å². The first-order chi connectivity index (χ1) is 6.81. The Kier molecular flexibility index (Phi) is 2.49. The number of anilines is 1. The molecule has 1 unspecified atom stereocenters. The van der Waals surface area contributed by atoms with E-state index in [2.05, 4.69) is 15.3 Å². The van der Waals surface area contributed by atoms with Crippen LogP contribution in [-0.4, -0.2) is 28.2 Å². The number of hydrogen-bond donors (Lipinski definition) is 3. The Morgan fingerprint density at radius 1 is 1.64 bits per heavy atom. The highest BCUT2D eigenvalue weighted by atomic mass is 16.3. The molecule has 14 heavy (non-hydrogen) atoms. The van der Waals surface area contributed by atoms with Crippen molar-refractivity contribution in [2.24, 2.45) is 11.7 Å². The van der Waals surface area contributed by atoms with Crippen LogP contribution >= 0.6 is 0 Å². The SMILES string of the molecule is NC[CH]C1CNc2ncnc(O)c2C1. The van der Waals surface area contributed by atoms with Gasteiger partial charge in [-0.15, -0.1) is 0 Å². The second-order valence-corrected chi connectivity index (χ2v) is 3.34. The van der Waals surface area contributed by atoms with Gasteiger partial charge in [-0.25, -0.2) is 9.97 Å². The maximum atomic E-state index is 9.51. The Morgan fingerprint density at radius 2 is 2.50 bits per heavy atom. The maximum absolute atomic E-state index is 9.51. The lowest BCUT2D eigenvalue weighted by molar-refractivity contribution is 0.436. The fourth-order valence-corrected chi connectivity index (χ4v) is 1.66. The summed E-state index contributed by atoms with van der Waals surface area (Å²) >= 11 is 0. The van der Waals surface area contributed by atoms with Crippen LogP contribution in [0.15, 0.2) is 6.33 Å². The molecule has 0 saturated carbocycles. The highest BCUT2D eigenvalue weighted by Gasteiger charge is 2.21. The summed E-state index contributed by atoms with van der Waals surface area (Å²) in [7, 11) is 0. The molecule has 5 nitrogen and oxygen atoms in total. The quantitative estimate of drug-likeness (QED) is 0.612. The molecule has 75 valence electrons. The van der Waals surface area contributed by atoms with E-state index in [9.17, 15) is 5.11 Å². The van der Waals surface area contributed by atoms with Gasteiger partial charge in [0.15, 0.2) is 0 Å². The standard InChI is InChI=1S/C9H13N4O/c10-2-1-6-3-7-8(11-4-6)12-5-13-9(7)14/h1,5-6H,2-4,10H2,(H2,11,12,13,14). The Balaban J connectivity index is 2.20. The summed E-state index contributed by atoms with van der Waals surface area (Å²) in [6, 6.07) is 0. The predicted octanol–water partition coefficient (Wildman–Crippen LogP) is -0.0706. The molecular weight excluding hydrogens is 180 g/mol. The summed E-state index contributed by atoms with van der Waals surface area (Å²) in [4.78, 5) is 7.79. The molecule has 1 aromatic rings. The van der Waals surface area contributed by atoms with Crippen LogP contribution in [0.1, 0.15) is 5.56 Å². The third-order valence-corrected chi connectivity index (χ3v) is 2.39. The van der Waals surface area contributed by atoms with Gasteiger partial charge in [0.05, 0.1) is 5.56 Å². The fourth-order valence-electron chi connectivity index (χ4n) is 1.66. The molecule has 1 atom stereocenters. The fraction of sp³-hybridized carbons (Fsp3) is 0.444. The second-order valence-electron chi connectivity index (χ2n) is 3.34. The van der Waals surface area contributed by atoms with Gasteiger partial charge in [0.25, 0.3) is 0 Å². The Bertz CT molecular complexity index is 329.